The number of aldehydes is 1. The van der Waals surface area contributed by atoms with Crippen molar-refractivity contribution in [3.8, 4) is 34.1 Å². The van der Waals surface area contributed by atoms with Gasteiger partial charge in [-0.25, -0.2) is 0 Å². The summed E-state index contributed by atoms with van der Waals surface area (Å²) in [7, 11) is 2.66. The van der Waals surface area contributed by atoms with Crippen molar-refractivity contribution >= 4 is 12.4 Å². The Bertz CT molecular complexity index is 875. The van der Waals surface area contributed by atoms with Crippen LogP contribution in [0.15, 0.2) is 30.3 Å². The molecule has 0 heterocycles. The van der Waals surface area contributed by atoms with Crippen LogP contribution in [0.2, 0.25) is 0 Å². The van der Waals surface area contributed by atoms with E-state index in [-0.39, 0.29) is 39.7 Å². The lowest BCUT2D eigenvalue weighted by Gasteiger charge is -2.20. The number of methoxy groups -OCH3 is 2. The van der Waals surface area contributed by atoms with Crippen LogP contribution in [0.25, 0.3) is 17.2 Å². The smallest absolute Gasteiger partial charge is 0.165 e. The minimum atomic E-state index is -1.46. The molecule has 0 saturated carbocycles. The van der Waals surface area contributed by atoms with Gasteiger partial charge in [0.1, 0.15) is 18.5 Å². The molecule has 2 aromatic carbocycles. The number of phenolic OH excluding ortho intramolecular Hbond substituents is 2. The second kappa shape index (κ2) is 9.23. The highest BCUT2D eigenvalue weighted by molar-refractivity contribution is 5.84. The lowest BCUT2D eigenvalue weighted by atomic mass is 9.95. The molecule has 0 radical (unpaired) electrons. The van der Waals surface area contributed by atoms with E-state index in [1.165, 1.54) is 50.6 Å². The number of rotatable bonds is 8. The van der Waals surface area contributed by atoms with Gasteiger partial charge < -0.3 is 35.0 Å². The molecule has 2 aromatic rings. The SMILES string of the molecule is COc1cc(/C=C/C=O)cc(-c2cc(C(O)C(O)CO)cc(OC)c2O)c1O. The van der Waals surface area contributed by atoms with Crippen molar-refractivity contribution in [2.75, 3.05) is 20.8 Å². The van der Waals surface area contributed by atoms with Gasteiger partial charge in [0, 0.05) is 11.1 Å². The Balaban J connectivity index is 2.75. The van der Waals surface area contributed by atoms with Gasteiger partial charge >= 0.3 is 0 Å². The van der Waals surface area contributed by atoms with Crippen LogP contribution in [0.4, 0.5) is 0 Å². The largest absolute Gasteiger partial charge is 0.504 e. The van der Waals surface area contributed by atoms with Gasteiger partial charge in [-0.15, -0.1) is 0 Å². The van der Waals surface area contributed by atoms with E-state index in [0.717, 1.165) is 0 Å². The zero-order chi connectivity index (χ0) is 20.8. The topological polar surface area (TPSA) is 137 Å². The molecule has 8 nitrogen and oxygen atoms in total. The summed E-state index contributed by atoms with van der Waals surface area (Å²) >= 11 is 0. The minimum Gasteiger partial charge on any atom is -0.504 e. The highest BCUT2D eigenvalue weighted by atomic mass is 16.5. The normalized spacial score (nSPS) is 13.3. The lowest BCUT2D eigenvalue weighted by molar-refractivity contribution is -0.104. The van der Waals surface area contributed by atoms with Crippen LogP contribution < -0.4 is 9.47 Å². The van der Waals surface area contributed by atoms with Crippen LogP contribution in [-0.4, -0.2) is 58.7 Å². The number of ether oxygens (including phenoxy) is 2. The van der Waals surface area contributed by atoms with Crippen molar-refractivity contribution in [1.82, 2.24) is 0 Å². The molecule has 150 valence electrons. The molecule has 0 spiro atoms. The maximum Gasteiger partial charge on any atom is 0.165 e. The molecule has 8 heteroatoms. The molecular formula is C20H22O8. The monoisotopic (exact) mass is 390 g/mol. The zero-order valence-electron chi connectivity index (χ0n) is 15.4. The highest BCUT2D eigenvalue weighted by Crippen LogP contribution is 2.46. The fraction of sp³-hybridized carbons (Fsp3) is 0.250. The Morgan fingerprint density at radius 3 is 2.07 bits per heavy atom. The van der Waals surface area contributed by atoms with Crippen molar-refractivity contribution in [1.29, 1.82) is 0 Å². The van der Waals surface area contributed by atoms with E-state index in [2.05, 4.69) is 0 Å². The highest BCUT2D eigenvalue weighted by Gasteiger charge is 2.24. The number of carbonyl (C=O) groups is 1. The van der Waals surface area contributed by atoms with E-state index < -0.39 is 18.8 Å². The molecule has 0 aliphatic carbocycles. The van der Waals surface area contributed by atoms with Crippen LogP contribution in [0.3, 0.4) is 0 Å². The molecule has 0 aromatic heterocycles. The second-order valence-corrected chi connectivity index (χ2v) is 5.93. The van der Waals surface area contributed by atoms with Gasteiger partial charge in [-0.3, -0.25) is 4.79 Å². The Morgan fingerprint density at radius 1 is 0.964 bits per heavy atom. The molecule has 0 fully saturated rings. The van der Waals surface area contributed by atoms with Gasteiger partial charge in [-0.2, -0.15) is 0 Å². The summed E-state index contributed by atoms with van der Waals surface area (Å²) in [4.78, 5) is 10.6. The van der Waals surface area contributed by atoms with Crippen LogP contribution in [-0.2, 0) is 4.79 Å². The van der Waals surface area contributed by atoms with Gasteiger partial charge in [-0.1, -0.05) is 6.08 Å². The van der Waals surface area contributed by atoms with E-state index in [4.69, 9.17) is 14.6 Å². The second-order valence-electron chi connectivity index (χ2n) is 5.93. The number of allylic oxidation sites excluding steroid dienone is 1. The molecule has 0 aliphatic rings. The first kappa shape index (κ1) is 21.2. The maximum atomic E-state index is 10.6. The summed E-state index contributed by atoms with van der Waals surface area (Å²) in [6.07, 6.45) is 0.425. The summed E-state index contributed by atoms with van der Waals surface area (Å²) in [5.41, 5.74) is 0.902. The van der Waals surface area contributed by atoms with Gasteiger partial charge in [0.2, 0.25) is 0 Å². The van der Waals surface area contributed by atoms with Gasteiger partial charge in [0.25, 0.3) is 0 Å². The van der Waals surface area contributed by atoms with E-state index in [1.54, 1.807) is 0 Å². The molecule has 0 bridgehead atoms. The van der Waals surface area contributed by atoms with E-state index in [9.17, 15) is 25.2 Å². The Hall–Kier alpha value is -3.07. The summed E-state index contributed by atoms with van der Waals surface area (Å²) in [6, 6.07) is 5.67. The average Bonchev–Trinajstić information content (AvgIpc) is 2.72. The Kier molecular flexibility index (Phi) is 7.00. The van der Waals surface area contributed by atoms with Crippen molar-refractivity contribution in [3.63, 3.8) is 0 Å². The molecule has 5 N–H and O–H groups in total. The minimum absolute atomic E-state index is 0.0103. The van der Waals surface area contributed by atoms with Gasteiger partial charge in [0.05, 0.1) is 20.8 Å². The van der Waals surface area contributed by atoms with E-state index in [0.29, 0.717) is 11.8 Å². The quantitative estimate of drug-likeness (QED) is 0.337. The number of aromatic hydroxyl groups is 2. The summed E-state index contributed by atoms with van der Waals surface area (Å²) in [5.74, 6) is -0.505. The number of benzene rings is 2. The standard InChI is InChI=1S/C20H22O8/c1-27-16-7-11(4-3-5-21)6-13(19(16)25)14-8-12(18(24)15(23)10-22)9-17(28-2)20(14)26/h3-9,15,18,22-26H,10H2,1-2H3/b4-3+. The number of phenols is 2. The van der Waals surface area contributed by atoms with Crippen LogP contribution in [0.1, 0.15) is 17.2 Å². The summed E-state index contributed by atoms with van der Waals surface area (Å²) in [6.45, 7) is -0.676. The Morgan fingerprint density at radius 2 is 1.54 bits per heavy atom. The third-order valence-corrected chi connectivity index (χ3v) is 4.18. The Labute approximate surface area is 161 Å². The summed E-state index contributed by atoms with van der Waals surface area (Å²) < 4.78 is 10.3. The van der Waals surface area contributed by atoms with Crippen LogP contribution >= 0.6 is 0 Å². The molecule has 2 rings (SSSR count). The number of hydrogen-bond acceptors (Lipinski definition) is 8. The predicted octanol–water partition coefficient (Wildman–Crippen LogP) is 1.38. The van der Waals surface area contributed by atoms with Gasteiger partial charge in [0.15, 0.2) is 23.0 Å². The third kappa shape index (κ3) is 4.25. The van der Waals surface area contributed by atoms with Crippen LogP contribution in [0, 0.1) is 0 Å². The van der Waals surface area contributed by atoms with Gasteiger partial charge in [-0.05, 0) is 41.5 Å². The fourth-order valence-electron chi connectivity index (χ4n) is 2.72. The molecule has 2 atom stereocenters. The average molecular weight is 390 g/mol. The first-order valence-corrected chi connectivity index (χ1v) is 8.29. The van der Waals surface area contributed by atoms with E-state index in [1.807, 2.05) is 0 Å². The van der Waals surface area contributed by atoms with Crippen molar-refractivity contribution in [2.24, 2.45) is 0 Å². The first-order valence-electron chi connectivity index (χ1n) is 8.29. The third-order valence-electron chi connectivity index (χ3n) is 4.18. The zero-order valence-corrected chi connectivity index (χ0v) is 15.4. The molecule has 2 unspecified atom stereocenters. The number of hydrogen-bond donors (Lipinski definition) is 5. The van der Waals surface area contributed by atoms with Crippen molar-refractivity contribution in [2.45, 2.75) is 12.2 Å². The van der Waals surface area contributed by atoms with Crippen molar-refractivity contribution < 1.29 is 39.8 Å². The fourth-order valence-corrected chi connectivity index (χ4v) is 2.72. The molecule has 0 aliphatic heterocycles. The molecule has 0 saturated heterocycles. The molecule has 28 heavy (non-hydrogen) atoms. The lowest BCUT2D eigenvalue weighted by Crippen LogP contribution is -2.22. The van der Waals surface area contributed by atoms with Crippen molar-refractivity contribution in [3.05, 3.63) is 41.5 Å². The summed E-state index contributed by atoms with van der Waals surface area (Å²) in [5, 5.41) is 50.1. The number of aliphatic hydroxyl groups is 3. The molecular weight excluding hydrogens is 368 g/mol. The maximum absolute atomic E-state index is 10.6. The number of carbonyl (C=O) groups excluding carboxylic acids is 1. The predicted molar refractivity (Wildman–Crippen MR) is 101 cm³/mol. The first-order chi connectivity index (χ1) is 13.4. The number of aliphatic hydroxyl groups excluding tert-OH is 3. The van der Waals surface area contributed by atoms with Crippen LogP contribution in [0.5, 0.6) is 23.0 Å². The molecule has 0 amide bonds. The van der Waals surface area contributed by atoms with E-state index >= 15 is 0 Å².